The van der Waals surface area contributed by atoms with E-state index in [2.05, 4.69) is 48.6 Å². The monoisotopic (exact) mass is 547 g/mol. The second-order valence-electron chi connectivity index (χ2n) is 9.63. The predicted molar refractivity (Wildman–Crippen MR) is 141 cm³/mol. The molecule has 1 aromatic rings. The van der Waals surface area contributed by atoms with E-state index < -0.39 is 0 Å². The van der Waals surface area contributed by atoms with Crippen molar-refractivity contribution in [1.29, 1.82) is 0 Å². The van der Waals surface area contributed by atoms with Crippen LogP contribution in [0.15, 0.2) is 10.4 Å². The zero-order valence-corrected chi connectivity index (χ0v) is 22.5. The van der Waals surface area contributed by atoms with E-state index in [-0.39, 0.29) is 29.4 Å². The molecule has 7 heteroatoms. The molecule has 2 N–H and O–H groups in total. The van der Waals surface area contributed by atoms with Gasteiger partial charge in [0.25, 0.3) is 0 Å². The van der Waals surface area contributed by atoms with Gasteiger partial charge in [-0.15, -0.1) is 35.3 Å². The lowest BCUT2D eigenvalue weighted by molar-refractivity contribution is 0.119. The first-order valence-electron chi connectivity index (χ1n) is 11.7. The second kappa shape index (κ2) is 12.6. The summed E-state index contributed by atoms with van der Waals surface area (Å²) >= 11 is 1.76. The van der Waals surface area contributed by atoms with Crippen LogP contribution in [-0.4, -0.2) is 54.1 Å². The van der Waals surface area contributed by atoms with Crippen molar-refractivity contribution in [3.8, 4) is 0 Å². The maximum Gasteiger partial charge on any atom is 0.191 e. The Hall–Kier alpha value is -0.410. The van der Waals surface area contributed by atoms with Crippen molar-refractivity contribution in [2.24, 2.45) is 4.99 Å². The van der Waals surface area contributed by atoms with Crippen LogP contribution in [0.4, 0.5) is 0 Å². The van der Waals surface area contributed by atoms with Crippen molar-refractivity contribution in [1.82, 2.24) is 20.5 Å². The minimum atomic E-state index is 0. The van der Waals surface area contributed by atoms with E-state index in [0.717, 1.165) is 31.5 Å². The molecule has 0 radical (unpaired) electrons. The van der Waals surface area contributed by atoms with Gasteiger partial charge in [-0.2, -0.15) is 0 Å². The van der Waals surface area contributed by atoms with Gasteiger partial charge in [0.1, 0.15) is 0 Å². The molecule has 1 aromatic heterocycles. The molecule has 2 fully saturated rings. The molecule has 1 aliphatic carbocycles. The lowest BCUT2D eigenvalue weighted by Crippen LogP contribution is -2.51. The van der Waals surface area contributed by atoms with Crippen molar-refractivity contribution in [3.05, 3.63) is 16.1 Å². The minimum Gasteiger partial charge on any atom is -0.357 e. The number of hydrogen-bond donors (Lipinski definition) is 2. The number of piperidine rings is 1. The smallest absolute Gasteiger partial charge is 0.191 e. The quantitative estimate of drug-likeness (QED) is 0.301. The van der Waals surface area contributed by atoms with E-state index in [4.69, 9.17) is 9.98 Å². The Morgan fingerprint density at radius 2 is 1.87 bits per heavy atom. The van der Waals surface area contributed by atoms with Gasteiger partial charge in [0.15, 0.2) is 5.96 Å². The number of aromatic nitrogens is 1. The number of guanidine groups is 1. The molecule has 0 bridgehead atoms. The Morgan fingerprint density at radius 1 is 1.17 bits per heavy atom. The predicted octanol–water partition coefficient (Wildman–Crippen LogP) is 4.95. The Morgan fingerprint density at radius 3 is 2.47 bits per heavy atom. The average molecular weight is 548 g/mol. The highest BCUT2D eigenvalue weighted by molar-refractivity contribution is 14.0. The van der Waals surface area contributed by atoms with E-state index in [1.807, 2.05) is 0 Å². The molecule has 2 heterocycles. The third-order valence-corrected chi connectivity index (χ3v) is 7.13. The molecule has 1 aliphatic heterocycles. The van der Waals surface area contributed by atoms with Crippen molar-refractivity contribution in [3.63, 3.8) is 0 Å². The number of hydrogen-bond acceptors (Lipinski definition) is 4. The Balaban J connectivity index is 0.00000320. The largest absolute Gasteiger partial charge is 0.357 e. The molecular weight excluding hydrogens is 505 g/mol. The number of rotatable bonds is 6. The summed E-state index contributed by atoms with van der Waals surface area (Å²) in [7, 11) is 0. The number of nitrogens with one attached hydrogen (secondary N) is 2. The van der Waals surface area contributed by atoms with Crippen LogP contribution in [0.3, 0.4) is 0 Å². The molecule has 0 spiro atoms. The van der Waals surface area contributed by atoms with Crippen molar-refractivity contribution in [2.75, 3.05) is 26.2 Å². The summed E-state index contributed by atoms with van der Waals surface area (Å²) in [6.45, 7) is 12.9. The zero-order chi connectivity index (χ0) is 20.7. The van der Waals surface area contributed by atoms with Gasteiger partial charge >= 0.3 is 0 Å². The Bertz CT molecular complexity index is 640. The third-order valence-electron chi connectivity index (χ3n) is 6.22. The molecular formula is C23H42IN5S. The number of likely N-dealkylation sites (tertiary alicyclic amines) is 1. The van der Waals surface area contributed by atoms with Gasteiger partial charge in [0.2, 0.25) is 0 Å². The summed E-state index contributed by atoms with van der Waals surface area (Å²) in [5.74, 6) is 0.969. The average Bonchev–Trinajstić information content (AvgIpc) is 3.19. The standard InChI is InChI=1S/C23H41N5S.HI/c1-5-24-22(25-14-11-21-27-20(17-29-21)23(2,3)4)26-18-12-15-28(16-13-18)19-9-7-6-8-10-19;/h17-19H,5-16H2,1-4H3,(H2,24,25,26);1H. The van der Waals surface area contributed by atoms with Crippen LogP contribution in [0.5, 0.6) is 0 Å². The topological polar surface area (TPSA) is 52.6 Å². The maximum atomic E-state index is 4.83. The molecule has 1 saturated heterocycles. The third kappa shape index (κ3) is 7.93. The van der Waals surface area contributed by atoms with E-state index in [1.54, 1.807) is 11.3 Å². The number of aliphatic imine (C=N–C) groups is 1. The molecule has 2 aliphatic rings. The highest BCUT2D eigenvalue weighted by Gasteiger charge is 2.26. The molecule has 0 atom stereocenters. The molecule has 1 saturated carbocycles. The van der Waals surface area contributed by atoms with Gasteiger partial charge in [-0.25, -0.2) is 4.98 Å². The van der Waals surface area contributed by atoms with Gasteiger partial charge in [-0.3, -0.25) is 4.99 Å². The van der Waals surface area contributed by atoms with Crippen LogP contribution in [-0.2, 0) is 11.8 Å². The van der Waals surface area contributed by atoms with Crippen LogP contribution in [0.2, 0.25) is 0 Å². The minimum absolute atomic E-state index is 0. The fraction of sp³-hybridized carbons (Fsp3) is 0.826. The maximum absolute atomic E-state index is 4.83. The van der Waals surface area contributed by atoms with Gasteiger partial charge in [0.05, 0.1) is 10.7 Å². The summed E-state index contributed by atoms with van der Waals surface area (Å²) in [4.78, 5) is 12.4. The van der Waals surface area contributed by atoms with Crippen LogP contribution in [0.1, 0.15) is 83.3 Å². The second-order valence-corrected chi connectivity index (χ2v) is 10.6. The van der Waals surface area contributed by atoms with Crippen LogP contribution >= 0.6 is 35.3 Å². The Kier molecular flexibility index (Phi) is 10.8. The van der Waals surface area contributed by atoms with Crippen molar-refractivity contribution < 1.29 is 0 Å². The molecule has 5 nitrogen and oxygen atoms in total. The summed E-state index contributed by atoms with van der Waals surface area (Å²) in [6.07, 6.45) is 10.5. The van der Waals surface area contributed by atoms with Gasteiger partial charge in [-0.05, 0) is 32.6 Å². The van der Waals surface area contributed by atoms with Gasteiger partial charge in [-0.1, -0.05) is 40.0 Å². The van der Waals surface area contributed by atoms with Crippen molar-refractivity contribution in [2.45, 2.75) is 96.6 Å². The molecule has 0 aromatic carbocycles. The first-order valence-corrected chi connectivity index (χ1v) is 12.6. The van der Waals surface area contributed by atoms with Crippen LogP contribution in [0, 0.1) is 0 Å². The molecule has 0 unspecified atom stereocenters. The van der Waals surface area contributed by atoms with E-state index >= 15 is 0 Å². The fourth-order valence-electron chi connectivity index (χ4n) is 4.40. The highest BCUT2D eigenvalue weighted by atomic mass is 127. The SMILES string of the molecule is CCNC(=NCCc1nc(C(C)(C)C)cs1)NC1CCN(C2CCCCC2)CC1.I. The fourth-order valence-corrected chi connectivity index (χ4v) is 5.42. The summed E-state index contributed by atoms with van der Waals surface area (Å²) in [5.41, 5.74) is 1.32. The number of nitrogens with zero attached hydrogens (tertiary/aromatic N) is 3. The van der Waals surface area contributed by atoms with Crippen LogP contribution in [0.25, 0.3) is 0 Å². The first-order chi connectivity index (χ1) is 14.0. The van der Waals surface area contributed by atoms with E-state index in [9.17, 15) is 0 Å². The summed E-state index contributed by atoms with van der Waals surface area (Å²) in [6, 6.07) is 1.39. The molecule has 30 heavy (non-hydrogen) atoms. The number of halogens is 1. The molecule has 172 valence electrons. The van der Waals surface area contributed by atoms with E-state index in [0.29, 0.717) is 6.04 Å². The summed E-state index contributed by atoms with van der Waals surface area (Å²) < 4.78 is 0. The molecule has 3 rings (SSSR count). The highest BCUT2D eigenvalue weighted by Crippen LogP contribution is 2.25. The Labute approximate surface area is 204 Å². The lowest BCUT2D eigenvalue weighted by Gasteiger charge is -2.39. The normalized spacial score (nSPS) is 20.1. The molecule has 0 amide bonds. The first kappa shape index (κ1) is 25.8. The van der Waals surface area contributed by atoms with Gasteiger partial charge in [0, 0.05) is 55.5 Å². The van der Waals surface area contributed by atoms with Crippen molar-refractivity contribution >= 4 is 41.3 Å². The summed E-state index contributed by atoms with van der Waals surface area (Å²) in [5, 5.41) is 10.5. The van der Waals surface area contributed by atoms with Gasteiger partial charge < -0.3 is 15.5 Å². The van der Waals surface area contributed by atoms with Crippen LogP contribution < -0.4 is 10.6 Å². The number of thiazole rings is 1. The zero-order valence-electron chi connectivity index (χ0n) is 19.4. The van der Waals surface area contributed by atoms with E-state index in [1.165, 1.54) is 68.7 Å². The lowest BCUT2D eigenvalue weighted by atomic mass is 9.92.